The second-order valence-corrected chi connectivity index (χ2v) is 9.27. The highest BCUT2D eigenvalue weighted by molar-refractivity contribution is 5.79. The Morgan fingerprint density at radius 2 is 1.39 bits per heavy atom. The summed E-state index contributed by atoms with van der Waals surface area (Å²) < 4.78 is 5.63. The van der Waals surface area contributed by atoms with Crippen molar-refractivity contribution in [2.75, 3.05) is 13.2 Å². The van der Waals surface area contributed by atoms with Gasteiger partial charge in [0.25, 0.3) is 0 Å². The van der Waals surface area contributed by atoms with E-state index >= 15 is 0 Å². The molecule has 0 heterocycles. The number of hydrogen-bond donors (Lipinski definition) is 1. The Bertz CT molecular complexity index is 1090. The minimum Gasteiger partial charge on any atom is -0.449 e. The fourth-order valence-electron chi connectivity index (χ4n) is 4.77. The van der Waals surface area contributed by atoms with Crippen LogP contribution in [-0.4, -0.2) is 19.2 Å². The molecule has 4 rings (SSSR count). The minimum absolute atomic E-state index is 0.0743. The van der Waals surface area contributed by atoms with Crippen molar-refractivity contribution in [1.29, 1.82) is 0 Å². The predicted molar refractivity (Wildman–Crippen MR) is 137 cm³/mol. The smallest absolute Gasteiger partial charge is 0.407 e. The van der Waals surface area contributed by atoms with E-state index in [1.807, 2.05) is 18.2 Å². The van der Waals surface area contributed by atoms with E-state index in [2.05, 4.69) is 93.7 Å². The maximum Gasteiger partial charge on any atom is 0.407 e. The number of ether oxygens (including phenoxy) is 1. The minimum atomic E-state index is -0.386. The van der Waals surface area contributed by atoms with Crippen molar-refractivity contribution < 1.29 is 9.53 Å². The number of amides is 1. The molecule has 1 aliphatic carbocycles. The summed E-state index contributed by atoms with van der Waals surface area (Å²) in [6.07, 6.45) is 3.76. The fraction of sp³-hybridized carbons (Fsp3) is 0.300. The zero-order chi connectivity index (χ0) is 23.4. The van der Waals surface area contributed by atoms with Crippen molar-refractivity contribution in [3.05, 3.63) is 101 Å². The molecule has 0 atom stereocenters. The second kappa shape index (κ2) is 10.1. The average molecular weight is 440 g/mol. The number of alkyl carbamates (subject to hydrolysis) is 1. The maximum absolute atomic E-state index is 12.4. The number of benzene rings is 3. The molecule has 1 amide bonds. The first-order valence-corrected chi connectivity index (χ1v) is 11.9. The lowest BCUT2D eigenvalue weighted by Crippen LogP contribution is -2.26. The van der Waals surface area contributed by atoms with E-state index in [0.29, 0.717) is 25.0 Å². The lowest BCUT2D eigenvalue weighted by atomic mass is 9.88. The Morgan fingerprint density at radius 3 is 1.94 bits per heavy atom. The normalized spacial score (nSPS) is 12.9. The van der Waals surface area contributed by atoms with E-state index < -0.39 is 0 Å². The molecule has 33 heavy (non-hydrogen) atoms. The summed E-state index contributed by atoms with van der Waals surface area (Å²) in [5.74, 6) is 0.960. The highest BCUT2D eigenvalue weighted by Crippen LogP contribution is 2.44. The van der Waals surface area contributed by atoms with E-state index in [9.17, 15) is 4.79 Å². The molecule has 170 valence electrons. The molecule has 3 nitrogen and oxygen atoms in total. The SMILES string of the molecule is CC(C)c1cccc(C(C)C)c1C=CCNC(=O)OCC1c2ccccc2-c2ccccc21. The van der Waals surface area contributed by atoms with Crippen LogP contribution in [0.1, 0.15) is 73.3 Å². The van der Waals surface area contributed by atoms with Crippen LogP contribution in [-0.2, 0) is 4.74 Å². The molecular formula is C30H33NO2. The predicted octanol–water partition coefficient (Wildman–Crippen LogP) is 7.49. The van der Waals surface area contributed by atoms with Crippen molar-refractivity contribution in [2.45, 2.75) is 45.4 Å². The van der Waals surface area contributed by atoms with Crippen molar-refractivity contribution >= 4 is 12.2 Å². The van der Waals surface area contributed by atoms with E-state index in [1.165, 1.54) is 38.9 Å². The Labute approximate surface area is 197 Å². The van der Waals surface area contributed by atoms with Crippen LogP contribution in [0.25, 0.3) is 17.2 Å². The molecule has 0 radical (unpaired) electrons. The zero-order valence-corrected chi connectivity index (χ0v) is 20.0. The van der Waals surface area contributed by atoms with Crippen molar-refractivity contribution in [3.63, 3.8) is 0 Å². The number of fused-ring (bicyclic) bond motifs is 3. The summed E-state index contributed by atoms with van der Waals surface area (Å²) in [5, 5.41) is 2.87. The van der Waals surface area contributed by atoms with Gasteiger partial charge in [0.1, 0.15) is 6.61 Å². The molecule has 0 unspecified atom stereocenters. The molecule has 0 fully saturated rings. The summed E-state index contributed by atoms with van der Waals surface area (Å²) in [6, 6.07) is 23.2. The molecule has 0 aliphatic heterocycles. The Kier molecular flexibility index (Phi) is 6.98. The number of hydrogen-bond acceptors (Lipinski definition) is 2. The van der Waals surface area contributed by atoms with Gasteiger partial charge in [-0.2, -0.15) is 0 Å². The molecule has 1 N–H and O–H groups in total. The van der Waals surface area contributed by atoms with Gasteiger partial charge in [-0.15, -0.1) is 0 Å². The molecule has 0 aromatic heterocycles. The number of carbonyl (C=O) groups excluding carboxylic acids is 1. The van der Waals surface area contributed by atoms with Crippen LogP contribution in [0.3, 0.4) is 0 Å². The van der Waals surface area contributed by atoms with Crippen LogP contribution in [0.4, 0.5) is 4.79 Å². The van der Waals surface area contributed by atoms with E-state index in [-0.39, 0.29) is 12.0 Å². The van der Waals surface area contributed by atoms with Crippen LogP contribution < -0.4 is 5.32 Å². The summed E-state index contributed by atoms with van der Waals surface area (Å²) in [7, 11) is 0. The standard InChI is InChI=1S/C30H33NO2/c1-20(2)22-15-9-16-23(21(3)4)24(22)17-10-18-31-30(32)33-19-29-27-13-7-5-11-25(27)26-12-6-8-14-28(26)29/h5-17,20-21,29H,18-19H2,1-4H3,(H,31,32). The maximum atomic E-state index is 12.4. The first-order valence-electron chi connectivity index (χ1n) is 11.9. The van der Waals surface area contributed by atoms with Gasteiger partial charge in [0.2, 0.25) is 0 Å². The number of carbonyl (C=O) groups is 1. The molecule has 3 aromatic carbocycles. The molecule has 3 aromatic rings. The van der Waals surface area contributed by atoms with Gasteiger partial charge in [-0.3, -0.25) is 0 Å². The lowest BCUT2D eigenvalue weighted by molar-refractivity contribution is 0.144. The lowest BCUT2D eigenvalue weighted by Gasteiger charge is -2.17. The topological polar surface area (TPSA) is 38.3 Å². The quantitative estimate of drug-likeness (QED) is 0.414. The third kappa shape index (κ3) is 4.88. The van der Waals surface area contributed by atoms with Crippen LogP contribution in [0.15, 0.2) is 72.8 Å². The van der Waals surface area contributed by atoms with Gasteiger partial charge >= 0.3 is 6.09 Å². The zero-order valence-electron chi connectivity index (χ0n) is 20.0. The van der Waals surface area contributed by atoms with Gasteiger partial charge < -0.3 is 10.1 Å². The number of nitrogens with one attached hydrogen (secondary N) is 1. The fourth-order valence-corrected chi connectivity index (χ4v) is 4.77. The third-order valence-electron chi connectivity index (χ3n) is 6.41. The van der Waals surface area contributed by atoms with Gasteiger partial charge in [0, 0.05) is 12.5 Å². The average Bonchev–Trinajstić information content (AvgIpc) is 3.14. The summed E-state index contributed by atoms with van der Waals surface area (Å²) in [6.45, 7) is 9.62. The van der Waals surface area contributed by atoms with Crippen molar-refractivity contribution in [1.82, 2.24) is 5.32 Å². The second-order valence-electron chi connectivity index (χ2n) is 9.27. The Hall–Kier alpha value is -3.33. The Morgan fingerprint density at radius 1 is 0.848 bits per heavy atom. The molecule has 1 aliphatic rings. The first-order chi connectivity index (χ1) is 16.0. The largest absolute Gasteiger partial charge is 0.449 e. The molecular weight excluding hydrogens is 406 g/mol. The van der Waals surface area contributed by atoms with E-state index in [0.717, 1.165) is 0 Å². The van der Waals surface area contributed by atoms with E-state index in [4.69, 9.17) is 4.74 Å². The molecule has 3 heteroatoms. The van der Waals surface area contributed by atoms with Gasteiger partial charge in [0.05, 0.1) is 0 Å². The number of rotatable bonds is 7. The summed E-state index contributed by atoms with van der Waals surface area (Å²) >= 11 is 0. The van der Waals surface area contributed by atoms with Crippen LogP contribution in [0.5, 0.6) is 0 Å². The van der Waals surface area contributed by atoms with Gasteiger partial charge in [-0.25, -0.2) is 4.79 Å². The summed E-state index contributed by atoms with van der Waals surface area (Å²) in [5.41, 5.74) is 8.83. The monoisotopic (exact) mass is 439 g/mol. The Balaban J connectivity index is 1.38. The van der Waals surface area contributed by atoms with Gasteiger partial charge in [-0.05, 0) is 50.8 Å². The molecule has 0 saturated heterocycles. The van der Waals surface area contributed by atoms with Gasteiger partial charge in [-0.1, -0.05) is 107 Å². The third-order valence-corrected chi connectivity index (χ3v) is 6.41. The van der Waals surface area contributed by atoms with Crippen LogP contribution in [0, 0.1) is 0 Å². The highest BCUT2D eigenvalue weighted by atomic mass is 16.5. The molecule has 0 spiro atoms. The van der Waals surface area contributed by atoms with Crippen LogP contribution >= 0.6 is 0 Å². The van der Waals surface area contributed by atoms with Gasteiger partial charge in [0.15, 0.2) is 0 Å². The molecule has 0 saturated carbocycles. The molecule has 0 bridgehead atoms. The summed E-state index contributed by atoms with van der Waals surface area (Å²) in [4.78, 5) is 12.4. The van der Waals surface area contributed by atoms with E-state index in [1.54, 1.807) is 0 Å². The van der Waals surface area contributed by atoms with Crippen molar-refractivity contribution in [2.24, 2.45) is 0 Å². The van der Waals surface area contributed by atoms with Crippen molar-refractivity contribution in [3.8, 4) is 11.1 Å². The highest BCUT2D eigenvalue weighted by Gasteiger charge is 2.28. The first kappa shape index (κ1) is 22.8. The van der Waals surface area contributed by atoms with Crippen LogP contribution in [0.2, 0.25) is 0 Å².